The van der Waals surface area contributed by atoms with Gasteiger partial charge in [0.15, 0.2) is 23.9 Å². The van der Waals surface area contributed by atoms with E-state index in [1.54, 1.807) is 29.3 Å². The zero-order valence-corrected chi connectivity index (χ0v) is 16.9. The van der Waals surface area contributed by atoms with Gasteiger partial charge in [-0.1, -0.05) is 5.16 Å². The van der Waals surface area contributed by atoms with Crippen molar-refractivity contribution in [3.63, 3.8) is 0 Å². The zero-order valence-electron chi connectivity index (χ0n) is 16.9. The van der Waals surface area contributed by atoms with Gasteiger partial charge < -0.3 is 18.9 Å². The molecule has 31 heavy (non-hydrogen) atoms. The van der Waals surface area contributed by atoms with E-state index in [1.165, 1.54) is 17.5 Å². The Kier molecular flexibility index (Phi) is 5.19. The molecule has 3 aliphatic rings. The van der Waals surface area contributed by atoms with Crippen molar-refractivity contribution in [2.45, 2.75) is 37.6 Å². The molecule has 2 amide bonds. The smallest absolute Gasteiger partial charge is 0.292 e. The Hall–Kier alpha value is -3.56. The molecule has 2 aromatic rings. The topological polar surface area (TPSA) is 110 Å². The maximum atomic E-state index is 12.9. The molecule has 4 heterocycles. The van der Waals surface area contributed by atoms with Gasteiger partial charge in [-0.15, -0.1) is 0 Å². The third-order valence-electron chi connectivity index (χ3n) is 5.58. The summed E-state index contributed by atoms with van der Waals surface area (Å²) < 4.78 is 16.3. The van der Waals surface area contributed by atoms with Crippen LogP contribution in [0.4, 0.5) is 0 Å². The predicted molar refractivity (Wildman–Crippen MR) is 107 cm³/mol. The number of aromatic nitrogens is 2. The summed E-state index contributed by atoms with van der Waals surface area (Å²) in [6, 6.07) is 5.05. The molecule has 5 rings (SSSR count). The highest BCUT2D eigenvalue weighted by molar-refractivity contribution is 5.94. The van der Waals surface area contributed by atoms with Crippen molar-refractivity contribution in [1.82, 2.24) is 25.5 Å². The average Bonchev–Trinajstić information content (AvgIpc) is 3.18. The van der Waals surface area contributed by atoms with Crippen LogP contribution in [0.15, 0.2) is 41.4 Å². The van der Waals surface area contributed by atoms with Crippen LogP contribution in [-0.2, 0) is 4.74 Å². The van der Waals surface area contributed by atoms with Crippen molar-refractivity contribution < 1.29 is 23.6 Å². The number of likely N-dealkylation sites (tertiary alicyclic amines) is 1. The molecule has 10 heteroatoms. The number of hydrogen-bond acceptors (Lipinski definition) is 8. The molecular formula is C21H23N5O5. The van der Waals surface area contributed by atoms with Crippen molar-refractivity contribution in [3.05, 3.63) is 54.0 Å². The summed E-state index contributed by atoms with van der Waals surface area (Å²) in [7, 11) is 0. The molecular weight excluding hydrogens is 402 g/mol. The van der Waals surface area contributed by atoms with E-state index in [-0.39, 0.29) is 31.0 Å². The summed E-state index contributed by atoms with van der Waals surface area (Å²) in [6.45, 7) is 1.14. The summed E-state index contributed by atoms with van der Waals surface area (Å²) in [5.74, 6) is 1.01. The Morgan fingerprint density at radius 3 is 3.00 bits per heavy atom. The van der Waals surface area contributed by atoms with Crippen LogP contribution >= 0.6 is 0 Å². The third-order valence-corrected chi connectivity index (χ3v) is 5.58. The zero-order chi connectivity index (χ0) is 21.2. The van der Waals surface area contributed by atoms with E-state index in [0.29, 0.717) is 23.9 Å². The number of nitrogens with zero attached hydrogens (tertiary/aromatic N) is 4. The Morgan fingerprint density at radius 2 is 2.19 bits per heavy atom. The summed E-state index contributed by atoms with van der Waals surface area (Å²) in [4.78, 5) is 31.4. The first-order chi connectivity index (χ1) is 15.2. The molecule has 0 radical (unpaired) electrons. The lowest BCUT2D eigenvalue weighted by molar-refractivity contribution is 0.0672. The summed E-state index contributed by atoms with van der Waals surface area (Å²) in [5.41, 5.74) is 3.20. The van der Waals surface area contributed by atoms with E-state index in [2.05, 4.69) is 15.6 Å². The number of amides is 2. The third kappa shape index (κ3) is 4.18. The van der Waals surface area contributed by atoms with Gasteiger partial charge in [-0.05, 0) is 37.8 Å². The van der Waals surface area contributed by atoms with Crippen LogP contribution in [0.25, 0.3) is 0 Å². The van der Waals surface area contributed by atoms with Gasteiger partial charge in [0.1, 0.15) is 18.6 Å². The molecule has 162 valence electrons. The molecule has 2 aliphatic heterocycles. The lowest BCUT2D eigenvalue weighted by Crippen LogP contribution is -2.40. The van der Waals surface area contributed by atoms with Crippen molar-refractivity contribution >= 4 is 11.8 Å². The summed E-state index contributed by atoms with van der Waals surface area (Å²) in [5, 5.41) is 5.48. The SMILES string of the molecule is O=C(NN1C=COC1)c1ncccc1OCC1CCCN1C(=O)c1cc(C2CC2)on1. The summed E-state index contributed by atoms with van der Waals surface area (Å²) >= 11 is 0. The van der Waals surface area contributed by atoms with E-state index in [0.717, 1.165) is 31.4 Å². The second-order valence-corrected chi connectivity index (χ2v) is 7.84. The Balaban J connectivity index is 1.23. The predicted octanol–water partition coefficient (Wildman–Crippen LogP) is 2.04. The minimum Gasteiger partial charge on any atom is -0.489 e. The highest BCUT2D eigenvalue weighted by Crippen LogP contribution is 2.40. The molecule has 10 nitrogen and oxygen atoms in total. The maximum absolute atomic E-state index is 12.9. The standard InChI is InChI=1S/C21H23N5O5/c27-20(23-25-9-10-29-13-25)19-17(4-1-7-22-19)30-12-15-3-2-8-26(15)21(28)16-11-18(31-24-16)14-5-6-14/h1,4,7,9-11,14-15H,2-3,5-6,8,12-13H2,(H,23,27). The number of pyridine rings is 1. The average molecular weight is 425 g/mol. The monoisotopic (exact) mass is 425 g/mol. The second kappa shape index (κ2) is 8.29. The molecule has 0 bridgehead atoms. The lowest BCUT2D eigenvalue weighted by atomic mass is 10.2. The summed E-state index contributed by atoms with van der Waals surface area (Å²) in [6.07, 6.45) is 8.51. The molecule has 0 spiro atoms. The van der Waals surface area contributed by atoms with E-state index in [1.807, 2.05) is 0 Å². The molecule has 2 aromatic heterocycles. The maximum Gasteiger partial charge on any atom is 0.292 e. The van der Waals surface area contributed by atoms with Crippen LogP contribution in [-0.4, -0.2) is 57.8 Å². The van der Waals surface area contributed by atoms with Gasteiger partial charge in [-0.3, -0.25) is 20.0 Å². The van der Waals surface area contributed by atoms with Crippen LogP contribution < -0.4 is 10.2 Å². The Labute approximate surface area is 178 Å². The molecule has 1 aliphatic carbocycles. The van der Waals surface area contributed by atoms with Gasteiger partial charge >= 0.3 is 0 Å². The van der Waals surface area contributed by atoms with Gasteiger partial charge in [0.05, 0.1) is 12.2 Å². The van der Waals surface area contributed by atoms with E-state index < -0.39 is 5.91 Å². The first-order valence-corrected chi connectivity index (χ1v) is 10.4. The fraction of sp³-hybridized carbons (Fsp3) is 0.429. The first kappa shape index (κ1) is 19.4. The highest BCUT2D eigenvalue weighted by atomic mass is 16.5. The first-order valence-electron chi connectivity index (χ1n) is 10.4. The van der Waals surface area contributed by atoms with Crippen LogP contribution in [0.3, 0.4) is 0 Å². The van der Waals surface area contributed by atoms with Crippen LogP contribution in [0.1, 0.15) is 58.3 Å². The number of rotatable bonds is 7. The van der Waals surface area contributed by atoms with Crippen molar-refractivity contribution in [2.24, 2.45) is 0 Å². The van der Waals surface area contributed by atoms with Crippen molar-refractivity contribution in [1.29, 1.82) is 0 Å². The quantitative estimate of drug-likeness (QED) is 0.718. The van der Waals surface area contributed by atoms with Crippen LogP contribution in [0, 0.1) is 0 Å². The Bertz CT molecular complexity index is 1000. The van der Waals surface area contributed by atoms with Gasteiger partial charge in [-0.25, -0.2) is 4.98 Å². The number of nitrogens with one attached hydrogen (secondary N) is 1. The van der Waals surface area contributed by atoms with Gasteiger partial charge in [0.2, 0.25) is 0 Å². The van der Waals surface area contributed by atoms with Crippen molar-refractivity contribution in [3.8, 4) is 5.75 Å². The molecule has 1 N–H and O–H groups in total. The number of hydrazine groups is 1. The minimum absolute atomic E-state index is 0.111. The van der Waals surface area contributed by atoms with E-state index in [4.69, 9.17) is 14.0 Å². The highest BCUT2D eigenvalue weighted by Gasteiger charge is 2.34. The number of carbonyl (C=O) groups is 2. The van der Waals surface area contributed by atoms with Crippen LogP contribution in [0.5, 0.6) is 5.75 Å². The largest absolute Gasteiger partial charge is 0.489 e. The normalized spacial score (nSPS) is 20.1. The number of hydrogen-bond donors (Lipinski definition) is 1. The number of carbonyl (C=O) groups excluding carboxylic acids is 2. The Morgan fingerprint density at radius 1 is 1.29 bits per heavy atom. The number of ether oxygens (including phenoxy) is 2. The molecule has 0 aromatic carbocycles. The molecule has 1 saturated heterocycles. The van der Waals surface area contributed by atoms with Crippen molar-refractivity contribution in [2.75, 3.05) is 19.9 Å². The van der Waals surface area contributed by atoms with E-state index >= 15 is 0 Å². The second-order valence-electron chi connectivity index (χ2n) is 7.84. The fourth-order valence-electron chi connectivity index (χ4n) is 3.77. The fourth-order valence-corrected chi connectivity index (χ4v) is 3.77. The van der Waals surface area contributed by atoms with Crippen LogP contribution in [0.2, 0.25) is 0 Å². The van der Waals surface area contributed by atoms with Gasteiger partial charge in [-0.2, -0.15) is 0 Å². The van der Waals surface area contributed by atoms with Gasteiger partial charge in [0.25, 0.3) is 11.8 Å². The minimum atomic E-state index is -0.402. The van der Waals surface area contributed by atoms with Gasteiger partial charge in [0, 0.05) is 24.7 Å². The molecule has 1 unspecified atom stereocenters. The van der Waals surface area contributed by atoms with E-state index in [9.17, 15) is 9.59 Å². The molecule has 1 atom stereocenters. The molecule has 2 fully saturated rings. The lowest BCUT2D eigenvalue weighted by Gasteiger charge is -2.24. The molecule has 1 saturated carbocycles.